The average Bonchev–Trinajstić information content (AvgIpc) is 2.61. The summed E-state index contributed by atoms with van der Waals surface area (Å²) in [7, 11) is 1.52. The van der Waals surface area contributed by atoms with Crippen molar-refractivity contribution in [2.24, 2.45) is 0 Å². The van der Waals surface area contributed by atoms with Gasteiger partial charge in [0.15, 0.2) is 18.1 Å². The third-order valence-corrected chi connectivity index (χ3v) is 3.51. The number of esters is 1. The first-order valence-corrected chi connectivity index (χ1v) is 8.20. The Bertz CT molecular complexity index is 695. The standard InChI is InChI=1S/C18H21ClN2O4/c1-3-24-17(22)12-25-18-15(19)9-13(10-16(18)23-2)11-20-21-14-7-5-4-6-8-14/h4-10,20-21H,3,11-12H2,1-2H3. The molecule has 7 heteroatoms. The number of hydrogen-bond acceptors (Lipinski definition) is 6. The van der Waals surface area contributed by atoms with Crippen LogP contribution in [0.2, 0.25) is 5.02 Å². The molecule has 6 nitrogen and oxygen atoms in total. The van der Waals surface area contributed by atoms with E-state index in [0.29, 0.717) is 29.7 Å². The second-order valence-electron chi connectivity index (χ2n) is 5.05. The summed E-state index contributed by atoms with van der Waals surface area (Å²) in [6, 6.07) is 13.3. The Balaban J connectivity index is 1.98. The van der Waals surface area contributed by atoms with Gasteiger partial charge in [0.2, 0.25) is 0 Å². The fraction of sp³-hybridized carbons (Fsp3) is 0.278. The number of ether oxygens (including phenoxy) is 3. The number of hydrogen-bond donors (Lipinski definition) is 2. The van der Waals surface area contributed by atoms with Crippen LogP contribution in [-0.2, 0) is 16.1 Å². The molecule has 0 amide bonds. The van der Waals surface area contributed by atoms with Gasteiger partial charge in [-0.25, -0.2) is 10.2 Å². The fourth-order valence-electron chi connectivity index (χ4n) is 2.12. The molecule has 0 fully saturated rings. The molecule has 2 aromatic carbocycles. The predicted molar refractivity (Wildman–Crippen MR) is 97.0 cm³/mol. The number of para-hydroxylation sites is 1. The zero-order valence-corrected chi connectivity index (χ0v) is 14.9. The lowest BCUT2D eigenvalue weighted by atomic mass is 10.2. The summed E-state index contributed by atoms with van der Waals surface area (Å²) in [6.07, 6.45) is 0. The molecule has 0 heterocycles. The zero-order valence-electron chi connectivity index (χ0n) is 14.2. The van der Waals surface area contributed by atoms with Gasteiger partial charge >= 0.3 is 5.97 Å². The van der Waals surface area contributed by atoms with Gasteiger partial charge in [-0.3, -0.25) is 0 Å². The van der Waals surface area contributed by atoms with Gasteiger partial charge < -0.3 is 19.6 Å². The minimum absolute atomic E-state index is 0.225. The summed E-state index contributed by atoms with van der Waals surface area (Å²) >= 11 is 6.26. The summed E-state index contributed by atoms with van der Waals surface area (Å²) in [5.41, 5.74) is 8.05. The third kappa shape index (κ3) is 5.85. The van der Waals surface area contributed by atoms with Crippen LogP contribution >= 0.6 is 11.6 Å². The Morgan fingerprint density at radius 1 is 1.20 bits per heavy atom. The van der Waals surface area contributed by atoms with Crippen molar-refractivity contribution in [3.05, 3.63) is 53.1 Å². The second kappa shape index (κ2) is 9.76. The highest BCUT2D eigenvalue weighted by Crippen LogP contribution is 2.36. The van der Waals surface area contributed by atoms with Gasteiger partial charge in [0, 0.05) is 12.2 Å². The smallest absolute Gasteiger partial charge is 0.344 e. The molecule has 0 atom stereocenters. The number of carbonyl (C=O) groups excluding carboxylic acids is 1. The summed E-state index contributed by atoms with van der Waals surface area (Å²) in [5, 5.41) is 0.361. The van der Waals surface area contributed by atoms with Crippen LogP contribution in [0, 0.1) is 0 Å². The molecular formula is C18H21ClN2O4. The van der Waals surface area contributed by atoms with E-state index in [-0.39, 0.29) is 6.61 Å². The van der Waals surface area contributed by atoms with Crippen LogP contribution in [-0.4, -0.2) is 26.3 Å². The van der Waals surface area contributed by atoms with Gasteiger partial charge in [-0.15, -0.1) is 0 Å². The average molecular weight is 365 g/mol. The van der Waals surface area contributed by atoms with Crippen molar-refractivity contribution in [2.75, 3.05) is 25.7 Å². The highest BCUT2D eigenvalue weighted by Gasteiger charge is 2.14. The molecule has 25 heavy (non-hydrogen) atoms. The molecule has 0 aromatic heterocycles. The van der Waals surface area contributed by atoms with Crippen LogP contribution in [0.15, 0.2) is 42.5 Å². The van der Waals surface area contributed by atoms with Gasteiger partial charge in [-0.1, -0.05) is 29.8 Å². The van der Waals surface area contributed by atoms with Crippen LogP contribution in [0.4, 0.5) is 5.69 Å². The van der Waals surface area contributed by atoms with Gasteiger partial charge in [-0.05, 0) is 36.8 Å². The lowest BCUT2D eigenvalue weighted by molar-refractivity contribution is -0.145. The number of benzene rings is 2. The maximum Gasteiger partial charge on any atom is 0.344 e. The van der Waals surface area contributed by atoms with Crippen LogP contribution < -0.4 is 20.3 Å². The zero-order chi connectivity index (χ0) is 18.1. The molecule has 0 unspecified atom stereocenters. The Kier molecular flexibility index (Phi) is 7.37. The third-order valence-electron chi connectivity index (χ3n) is 3.23. The van der Waals surface area contributed by atoms with E-state index in [0.717, 1.165) is 11.3 Å². The van der Waals surface area contributed by atoms with E-state index in [1.165, 1.54) is 7.11 Å². The molecule has 0 saturated carbocycles. The summed E-state index contributed by atoms with van der Waals surface area (Å²) in [6.45, 7) is 2.32. The fourth-order valence-corrected chi connectivity index (χ4v) is 2.41. The van der Waals surface area contributed by atoms with E-state index in [1.807, 2.05) is 30.3 Å². The first-order chi connectivity index (χ1) is 12.1. The van der Waals surface area contributed by atoms with Crippen LogP contribution in [0.3, 0.4) is 0 Å². The van der Waals surface area contributed by atoms with E-state index in [9.17, 15) is 4.79 Å². The monoisotopic (exact) mass is 364 g/mol. The van der Waals surface area contributed by atoms with Crippen molar-refractivity contribution in [2.45, 2.75) is 13.5 Å². The molecule has 0 aliphatic carbocycles. The van der Waals surface area contributed by atoms with Crippen molar-refractivity contribution in [3.8, 4) is 11.5 Å². The maximum absolute atomic E-state index is 11.4. The van der Waals surface area contributed by atoms with E-state index >= 15 is 0 Å². The highest BCUT2D eigenvalue weighted by atomic mass is 35.5. The predicted octanol–water partition coefficient (Wildman–Crippen LogP) is 3.41. The summed E-state index contributed by atoms with van der Waals surface area (Å²) < 4.78 is 15.6. The topological polar surface area (TPSA) is 68.8 Å². The summed E-state index contributed by atoms with van der Waals surface area (Å²) in [4.78, 5) is 11.4. The normalized spacial score (nSPS) is 10.2. The molecule has 0 saturated heterocycles. The van der Waals surface area contributed by atoms with E-state index in [1.54, 1.807) is 19.1 Å². The largest absolute Gasteiger partial charge is 0.493 e. The first-order valence-electron chi connectivity index (χ1n) is 7.82. The Morgan fingerprint density at radius 3 is 2.64 bits per heavy atom. The molecule has 134 valence electrons. The van der Waals surface area contributed by atoms with Crippen molar-refractivity contribution >= 4 is 23.3 Å². The van der Waals surface area contributed by atoms with Crippen LogP contribution in [0.5, 0.6) is 11.5 Å². The second-order valence-corrected chi connectivity index (χ2v) is 5.45. The van der Waals surface area contributed by atoms with Crippen molar-refractivity contribution in [3.63, 3.8) is 0 Å². The number of carbonyl (C=O) groups is 1. The Labute approximate surface area is 152 Å². The number of anilines is 1. The lowest BCUT2D eigenvalue weighted by Gasteiger charge is -2.14. The van der Waals surface area contributed by atoms with Gasteiger partial charge in [0.05, 0.1) is 18.7 Å². The Morgan fingerprint density at radius 2 is 1.96 bits per heavy atom. The van der Waals surface area contributed by atoms with Gasteiger partial charge in [0.1, 0.15) is 0 Å². The molecular weight excluding hydrogens is 344 g/mol. The highest BCUT2D eigenvalue weighted by molar-refractivity contribution is 6.32. The number of halogens is 1. The quantitative estimate of drug-likeness (QED) is 0.525. The number of nitrogens with one attached hydrogen (secondary N) is 2. The van der Waals surface area contributed by atoms with Crippen molar-refractivity contribution in [1.29, 1.82) is 0 Å². The molecule has 0 aliphatic heterocycles. The van der Waals surface area contributed by atoms with E-state index < -0.39 is 5.97 Å². The number of methoxy groups -OCH3 is 1. The number of hydrazine groups is 1. The minimum Gasteiger partial charge on any atom is -0.493 e. The van der Waals surface area contributed by atoms with Gasteiger partial charge in [0.25, 0.3) is 0 Å². The first kappa shape index (κ1) is 18.9. The molecule has 2 aromatic rings. The number of rotatable bonds is 9. The molecule has 0 aliphatic rings. The molecule has 2 N–H and O–H groups in total. The van der Waals surface area contributed by atoms with Gasteiger partial charge in [-0.2, -0.15) is 0 Å². The summed E-state index contributed by atoms with van der Waals surface area (Å²) in [5.74, 6) is 0.309. The molecule has 0 spiro atoms. The van der Waals surface area contributed by atoms with E-state index in [4.69, 9.17) is 25.8 Å². The molecule has 0 bridgehead atoms. The van der Waals surface area contributed by atoms with Crippen molar-refractivity contribution < 1.29 is 19.0 Å². The molecule has 0 radical (unpaired) electrons. The maximum atomic E-state index is 11.4. The molecule has 2 rings (SSSR count). The van der Waals surface area contributed by atoms with E-state index in [2.05, 4.69) is 10.9 Å². The van der Waals surface area contributed by atoms with Crippen LogP contribution in [0.25, 0.3) is 0 Å². The Hall–Kier alpha value is -2.44. The van der Waals surface area contributed by atoms with Crippen LogP contribution in [0.1, 0.15) is 12.5 Å². The minimum atomic E-state index is -0.460. The lowest BCUT2D eigenvalue weighted by Crippen LogP contribution is -2.21. The SMILES string of the molecule is CCOC(=O)COc1c(Cl)cc(CNNc2ccccc2)cc1OC. The van der Waals surface area contributed by atoms with Crippen molar-refractivity contribution in [1.82, 2.24) is 5.43 Å².